The molecule has 1 saturated carbocycles. The summed E-state index contributed by atoms with van der Waals surface area (Å²) >= 11 is 0. The van der Waals surface area contributed by atoms with Crippen molar-refractivity contribution < 1.29 is 13.5 Å². The number of aliphatic hydroxyl groups excluding tert-OH is 1. The predicted octanol–water partition coefficient (Wildman–Crippen LogP) is 1.21. The van der Waals surface area contributed by atoms with E-state index in [1.54, 1.807) is 4.31 Å². The zero-order chi connectivity index (χ0) is 12.3. The molecule has 100 valence electrons. The average molecular weight is 261 g/mol. The molecule has 1 aliphatic heterocycles. The Balaban J connectivity index is 1.90. The van der Waals surface area contributed by atoms with Crippen LogP contribution in [0.1, 0.15) is 38.5 Å². The van der Waals surface area contributed by atoms with Crippen molar-refractivity contribution in [2.24, 2.45) is 11.8 Å². The average Bonchev–Trinajstić information content (AvgIpc) is 2.79. The van der Waals surface area contributed by atoms with Gasteiger partial charge in [0.05, 0.1) is 5.75 Å². The molecule has 0 spiro atoms. The number of aliphatic hydroxyl groups is 1. The molecule has 1 saturated heterocycles. The first-order chi connectivity index (χ1) is 8.12. The molecule has 0 amide bonds. The summed E-state index contributed by atoms with van der Waals surface area (Å²) in [7, 11) is -3.08. The minimum Gasteiger partial charge on any atom is -0.396 e. The topological polar surface area (TPSA) is 57.6 Å². The second-order valence-corrected chi connectivity index (χ2v) is 7.49. The quantitative estimate of drug-likeness (QED) is 0.827. The van der Waals surface area contributed by atoms with E-state index in [1.165, 1.54) is 19.3 Å². The van der Waals surface area contributed by atoms with Crippen LogP contribution in [0.2, 0.25) is 0 Å². The third-order valence-corrected chi connectivity index (χ3v) is 6.08. The van der Waals surface area contributed by atoms with E-state index in [2.05, 4.69) is 0 Å². The molecule has 2 aliphatic rings. The van der Waals surface area contributed by atoms with Gasteiger partial charge in [0.25, 0.3) is 0 Å². The number of sulfonamides is 1. The Morgan fingerprint density at radius 2 is 1.76 bits per heavy atom. The third kappa shape index (κ3) is 3.42. The summed E-state index contributed by atoms with van der Waals surface area (Å²) in [6.45, 7) is 1.22. The molecule has 0 radical (unpaired) electrons. The lowest BCUT2D eigenvalue weighted by molar-refractivity contribution is 0.233. The minimum absolute atomic E-state index is 0.107. The van der Waals surface area contributed by atoms with Gasteiger partial charge in [-0.25, -0.2) is 12.7 Å². The van der Waals surface area contributed by atoms with Gasteiger partial charge in [-0.15, -0.1) is 0 Å². The second-order valence-electron chi connectivity index (χ2n) is 5.48. The molecule has 0 aromatic carbocycles. The molecule has 2 fully saturated rings. The number of hydrogen-bond donors (Lipinski definition) is 1. The minimum atomic E-state index is -3.08. The normalized spacial score (nSPS) is 28.6. The van der Waals surface area contributed by atoms with Gasteiger partial charge in [-0.1, -0.05) is 19.3 Å². The lowest BCUT2D eigenvalue weighted by atomic mass is 9.91. The zero-order valence-corrected chi connectivity index (χ0v) is 11.2. The van der Waals surface area contributed by atoms with Gasteiger partial charge in [-0.2, -0.15) is 0 Å². The molecule has 0 aromatic heterocycles. The van der Waals surface area contributed by atoms with E-state index in [0.717, 1.165) is 19.3 Å². The van der Waals surface area contributed by atoms with Gasteiger partial charge in [0, 0.05) is 19.7 Å². The van der Waals surface area contributed by atoms with E-state index in [4.69, 9.17) is 5.11 Å². The zero-order valence-electron chi connectivity index (χ0n) is 10.3. The van der Waals surface area contributed by atoms with Gasteiger partial charge >= 0.3 is 0 Å². The molecule has 1 unspecified atom stereocenters. The number of rotatable bonds is 4. The van der Waals surface area contributed by atoms with Crippen molar-refractivity contribution in [2.75, 3.05) is 25.4 Å². The molecular weight excluding hydrogens is 238 g/mol. The Hall–Kier alpha value is -0.130. The van der Waals surface area contributed by atoms with Crippen LogP contribution in [0.15, 0.2) is 0 Å². The predicted molar refractivity (Wildman–Crippen MR) is 67.1 cm³/mol. The second kappa shape index (κ2) is 5.67. The van der Waals surface area contributed by atoms with Crippen LogP contribution in [0.25, 0.3) is 0 Å². The molecule has 5 heteroatoms. The monoisotopic (exact) mass is 261 g/mol. The van der Waals surface area contributed by atoms with Crippen LogP contribution in [0, 0.1) is 11.8 Å². The van der Waals surface area contributed by atoms with Crippen molar-refractivity contribution in [1.29, 1.82) is 0 Å². The fourth-order valence-electron chi connectivity index (χ4n) is 2.96. The van der Waals surface area contributed by atoms with Crippen molar-refractivity contribution in [3.63, 3.8) is 0 Å². The van der Waals surface area contributed by atoms with Crippen LogP contribution in [-0.4, -0.2) is 43.3 Å². The van der Waals surface area contributed by atoms with E-state index in [9.17, 15) is 8.42 Å². The van der Waals surface area contributed by atoms with Crippen molar-refractivity contribution >= 4 is 10.0 Å². The highest BCUT2D eigenvalue weighted by Gasteiger charge is 2.32. The Morgan fingerprint density at radius 3 is 2.35 bits per heavy atom. The highest BCUT2D eigenvalue weighted by Crippen LogP contribution is 2.27. The fraction of sp³-hybridized carbons (Fsp3) is 1.00. The largest absolute Gasteiger partial charge is 0.396 e. The first kappa shape index (κ1) is 13.3. The van der Waals surface area contributed by atoms with Gasteiger partial charge in [0.15, 0.2) is 0 Å². The van der Waals surface area contributed by atoms with E-state index in [-0.39, 0.29) is 12.5 Å². The summed E-state index contributed by atoms with van der Waals surface area (Å²) in [5.74, 6) is 0.837. The van der Waals surface area contributed by atoms with Crippen LogP contribution < -0.4 is 0 Å². The SMILES string of the molecule is O=S(=O)(CC1CCCCC1)N1CCC(CO)C1. The molecule has 1 atom stereocenters. The lowest BCUT2D eigenvalue weighted by Gasteiger charge is -2.24. The Kier molecular flexibility index (Phi) is 4.44. The molecule has 17 heavy (non-hydrogen) atoms. The van der Waals surface area contributed by atoms with Gasteiger partial charge < -0.3 is 5.11 Å². The van der Waals surface area contributed by atoms with Crippen molar-refractivity contribution in [1.82, 2.24) is 4.31 Å². The lowest BCUT2D eigenvalue weighted by Crippen LogP contribution is -2.34. The summed E-state index contributed by atoms with van der Waals surface area (Å²) in [5, 5.41) is 9.05. The van der Waals surface area contributed by atoms with Crippen LogP contribution in [0.4, 0.5) is 0 Å². The van der Waals surface area contributed by atoms with Crippen molar-refractivity contribution in [3.05, 3.63) is 0 Å². The number of nitrogens with zero attached hydrogens (tertiary/aromatic N) is 1. The van der Waals surface area contributed by atoms with Crippen LogP contribution in [-0.2, 0) is 10.0 Å². The fourth-order valence-corrected chi connectivity index (χ4v) is 4.92. The highest BCUT2D eigenvalue weighted by atomic mass is 32.2. The summed E-state index contributed by atoms with van der Waals surface area (Å²) in [6, 6.07) is 0. The molecule has 2 rings (SSSR count). The van der Waals surface area contributed by atoms with Crippen LogP contribution >= 0.6 is 0 Å². The van der Waals surface area contributed by atoms with Gasteiger partial charge in [0.1, 0.15) is 0 Å². The van der Waals surface area contributed by atoms with E-state index in [0.29, 0.717) is 24.8 Å². The van der Waals surface area contributed by atoms with Crippen LogP contribution in [0.3, 0.4) is 0 Å². The Labute approximate surface area is 104 Å². The Morgan fingerprint density at radius 1 is 1.06 bits per heavy atom. The van der Waals surface area contributed by atoms with E-state index < -0.39 is 10.0 Å². The molecule has 0 aromatic rings. The third-order valence-electron chi connectivity index (χ3n) is 4.07. The maximum atomic E-state index is 12.2. The standard InChI is InChI=1S/C12H23NO3S/c14-9-12-6-7-13(8-12)17(15,16)10-11-4-2-1-3-5-11/h11-12,14H,1-10H2. The molecule has 1 N–H and O–H groups in total. The first-order valence-electron chi connectivity index (χ1n) is 6.70. The molecule has 1 aliphatic carbocycles. The van der Waals surface area contributed by atoms with Gasteiger partial charge in [0.2, 0.25) is 10.0 Å². The molecular formula is C12H23NO3S. The smallest absolute Gasteiger partial charge is 0.214 e. The summed E-state index contributed by atoms with van der Waals surface area (Å²) < 4.78 is 26.0. The van der Waals surface area contributed by atoms with E-state index >= 15 is 0 Å². The Bertz CT molecular complexity index is 336. The summed E-state index contributed by atoms with van der Waals surface area (Å²) in [5.41, 5.74) is 0. The van der Waals surface area contributed by atoms with Crippen molar-refractivity contribution in [3.8, 4) is 0 Å². The molecule has 4 nitrogen and oxygen atoms in total. The van der Waals surface area contributed by atoms with Gasteiger partial charge in [-0.3, -0.25) is 0 Å². The van der Waals surface area contributed by atoms with Crippen molar-refractivity contribution in [2.45, 2.75) is 38.5 Å². The maximum absolute atomic E-state index is 12.2. The van der Waals surface area contributed by atoms with E-state index in [1.807, 2.05) is 0 Å². The highest BCUT2D eigenvalue weighted by molar-refractivity contribution is 7.89. The first-order valence-corrected chi connectivity index (χ1v) is 8.31. The molecule has 1 heterocycles. The number of hydrogen-bond acceptors (Lipinski definition) is 3. The maximum Gasteiger partial charge on any atom is 0.214 e. The van der Waals surface area contributed by atoms with Crippen LogP contribution in [0.5, 0.6) is 0 Å². The summed E-state index contributed by atoms with van der Waals surface area (Å²) in [4.78, 5) is 0. The molecule has 0 bridgehead atoms. The van der Waals surface area contributed by atoms with Gasteiger partial charge in [-0.05, 0) is 31.1 Å². The summed E-state index contributed by atoms with van der Waals surface area (Å²) in [6.07, 6.45) is 6.55.